The summed E-state index contributed by atoms with van der Waals surface area (Å²) in [4.78, 5) is 45.3. The minimum Gasteiger partial charge on any atom is -0.459 e. The number of nitrogens with zero attached hydrogens (tertiary/aromatic N) is 4. The molecule has 2 unspecified atom stereocenters. The number of hydrogen-bond acceptors (Lipinski definition) is 7. The number of aromatic nitrogens is 2. The van der Waals surface area contributed by atoms with E-state index in [4.69, 9.17) is 9.47 Å². The van der Waals surface area contributed by atoms with E-state index in [0.717, 1.165) is 28.2 Å². The second kappa shape index (κ2) is 13.4. The Kier molecular flexibility index (Phi) is 8.87. The Morgan fingerprint density at radius 2 is 1.57 bits per heavy atom. The number of hydrogen-bond donors (Lipinski definition) is 2. The number of piperidine rings is 1. The van der Waals surface area contributed by atoms with Crippen molar-refractivity contribution < 1.29 is 24.2 Å². The SMILES string of the molecule is Cc1c(C2C=C(C(=O)N3CCC4(CC3)C(=O)NCN4c3ccccc3)OC(OCc3ccc(CO)cc3)C2)c(=O)n(-c2ccccc2)n1C. The molecule has 3 aliphatic heterocycles. The summed E-state index contributed by atoms with van der Waals surface area (Å²) in [5.41, 5.74) is 3.88. The Balaban J connectivity index is 1.16. The Morgan fingerprint density at radius 3 is 2.22 bits per heavy atom. The van der Waals surface area contributed by atoms with Crippen molar-refractivity contribution in [2.24, 2.45) is 7.05 Å². The van der Waals surface area contributed by atoms with Gasteiger partial charge in [-0.05, 0) is 61.2 Å². The molecule has 1 spiro atoms. The van der Waals surface area contributed by atoms with Crippen molar-refractivity contribution in [3.63, 3.8) is 0 Å². The quantitative estimate of drug-likeness (QED) is 0.294. The first kappa shape index (κ1) is 32.4. The third kappa shape index (κ3) is 6.04. The highest BCUT2D eigenvalue weighted by Crippen LogP contribution is 2.38. The predicted octanol–water partition coefficient (Wildman–Crippen LogP) is 3.86. The fourth-order valence-electron chi connectivity index (χ4n) is 7.33. The fourth-order valence-corrected chi connectivity index (χ4v) is 7.33. The Morgan fingerprint density at radius 1 is 0.939 bits per heavy atom. The number of para-hydroxylation sites is 2. The lowest BCUT2D eigenvalue weighted by Gasteiger charge is -2.43. The third-order valence-electron chi connectivity index (χ3n) is 10.2. The van der Waals surface area contributed by atoms with Crippen molar-refractivity contribution in [3.05, 3.63) is 130 Å². The van der Waals surface area contributed by atoms with Crippen molar-refractivity contribution >= 4 is 17.5 Å². The first-order chi connectivity index (χ1) is 23.8. The smallest absolute Gasteiger partial charge is 0.288 e. The lowest BCUT2D eigenvalue weighted by Crippen LogP contribution is -2.57. The van der Waals surface area contributed by atoms with Crippen LogP contribution in [0.5, 0.6) is 0 Å². The molecule has 3 aliphatic rings. The predicted molar refractivity (Wildman–Crippen MR) is 184 cm³/mol. The summed E-state index contributed by atoms with van der Waals surface area (Å²) in [5, 5.41) is 12.4. The topological polar surface area (TPSA) is 118 Å². The summed E-state index contributed by atoms with van der Waals surface area (Å²) in [6, 6.07) is 26.8. The van der Waals surface area contributed by atoms with E-state index in [1.807, 2.05) is 104 Å². The van der Waals surface area contributed by atoms with Gasteiger partial charge in [0.1, 0.15) is 5.54 Å². The van der Waals surface area contributed by atoms with Gasteiger partial charge in [0.25, 0.3) is 11.5 Å². The van der Waals surface area contributed by atoms with Gasteiger partial charge in [0.2, 0.25) is 12.2 Å². The number of ether oxygens (including phenoxy) is 2. The molecular weight excluding hydrogens is 622 g/mol. The number of benzene rings is 3. The van der Waals surface area contributed by atoms with Crippen LogP contribution in [-0.4, -0.2) is 62.8 Å². The molecule has 2 fully saturated rings. The van der Waals surface area contributed by atoms with E-state index in [9.17, 15) is 19.5 Å². The Labute approximate surface area is 284 Å². The molecule has 0 radical (unpaired) electrons. The average molecular weight is 664 g/mol. The number of aliphatic hydroxyl groups excluding tert-OH is 1. The molecule has 2 amide bonds. The highest BCUT2D eigenvalue weighted by Gasteiger charge is 2.51. The van der Waals surface area contributed by atoms with Gasteiger partial charge in [0.05, 0.1) is 25.6 Å². The number of carbonyl (C=O) groups excluding carboxylic acids is 2. The van der Waals surface area contributed by atoms with Crippen molar-refractivity contribution in [1.29, 1.82) is 0 Å². The molecule has 3 aromatic carbocycles. The number of allylic oxidation sites excluding steroid dienone is 1. The first-order valence-electron chi connectivity index (χ1n) is 16.7. The van der Waals surface area contributed by atoms with E-state index in [1.165, 1.54) is 0 Å². The number of carbonyl (C=O) groups is 2. The van der Waals surface area contributed by atoms with Crippen LogP contribution in [0.1, 0.15) is 47.6 Å². The summed E-state index contributed by atoms with van der Waals surface area (Å²) in [6.45, 7) is 3.25. The fraction of sp³-hybridized carbons (Fsp3) is 0.342. The maximum atomic E-state index is 14.2. The van der Waals surface area contributed by atoms with Gasteiger partial charge in [-0.2, -0.15) is 0 Å². The van der Waals surface area contributed by atoms with Crippen LogP contribution in [0.15, 0.2) is 102 Å². The van der Waals surface area contributed by atoms with Crippen LogP contribution in [0, 0.1) is 6.92 Å². The molecule has 0 bridgehead atoms. The van der Waals surface area contributed by atoms with E-state index in [0.29, 0.717) is 44.6 Å². The van der Waals surface area contributed by atoms with Crippen molar-refractivity contribution in [1.82, 2.24) is 19.6 Å². The van der Waals surface area contributed by atoms with Crippen LogP contribution in [0.25, 0.3) is 5.69 Å². The number of nitrogens with one attached hydrogen (secondary N) is 1. The second-order valence-electron chi connectivity index (χ2n) is 12.9. The standard InChI is InChI=1S/C38H41N5O6/c1-26-34(36(46)43(40(26)2)31-11-7-4-8-12-31)29-21-32(49-33(22-29)48-24-28-15-13-27(23-44)14-16-28)35(45)41-19-17-38(18-20-41)37(47)39-25-42(38)30-9-5-3-6-10-30/h3-16,21,29,33,44H,17-20,22-25H2,1-2H3,(H,39,47). The number of aliphatic hydroxyl groups is 1. The molecule has 7 rings (SSSR count). The van der Waals surface area contributed by atoms with Crippen molar-refractivity contribution in [3.8, 4) is 5.69 Å². The maximum Gasteiger partial charge on any atom is 0.288 e. The number of amides is 2. The van der Waals surface area contributed by atoms with Gasteiger partial charge in [-0.3, -0.25) is 19.1 Å². The van der Waals surface area contributed by atoms with Gasteiger partial charge >= 0.3 is 0 Å². The monoisotopic (exact) mass is 663 g/mol. The van der Waals surface area contributed by atoms with Gasteiger partial charge in [-0.25, -0.2) is 4.68 Å². The van der Waals surface area contributed by atoms with E-state index in [1.54, 1.807) is 15.7 Å². The normalized spacial score (nSPS) is 20.2. The van der Waals surface area contributed by atoms with Gasteiger partial charge in [-0.1, -0.05) is 60.7 Å². The minimum absolute atomic E-state index is 0.0219. The molecule has 49 heavy (non-hydrogen) atoms. The first-order valence-corrected chi connectivity index (χ1v) is 16.7. The van der Waals surface area contributed by atoms with Crippen LogP contribution in [0.2, 0.25) is 0 Å². The lowest BCUT2D eigenvalue weighted by atomic mass is 9.85. The highest BCUT2D eigenvalue weighted by atomic mass is 16.7. The average Bonchev–Trinajstić information content (AvgIpc) is 3.57. The molecule has 2 saturated heterocycles. The summed E-state index contributed by atoms with van der Waals surface area (Å²) in [5.74, 6) is -0.616. The zero-order valence-corrected chi connectivity index (χ0v) is 27.7. The molecule has 0 aliphatic carbocycles. The van der Waals surface area contributed by atoms with Crippen molar-refractivity contribution in [2.45, 2.75) is 57.1 Å². The maximum absolute atomic E-state index is 14.2. The van der Waals surface area contributed by atoms with Crippen LogP contribution in [-0.2, 0) is 39.3 Å². The zero-order chi connectivity index (χ0) is 34.1. The summed E-state index contributed by atoms with van der Waals surface area (Å²) in [6.07, 6.45) is 2.26. The molecular formula is C38H41N5O6. The van der Waals surface area contributed by atoms with E-state index in [-0.39, 0.29) is 36.3 Å². The molecule has 11 heteroatoms. The molecule has 4 aromatic rings. The number of rotatable bonds is 8. The lowest BCUT2D eigenvalue weighted by molar-refractivity contribution is -0.157. The molecule has 254 valence electrons. The van der Waals surface area contributed by atoms with Gasteiger partial charge < -0.3 is 29.7 Å². The third-order valence-corrected chi connectivity index (χ3v) is 10.2. The molecule has 2 N–H and O–H groups in total. The minimum atomic E-state index is -0.791. The van der Waals surface area contributed by atoms with Crippen molar-refractivity contribution in [2.75, 3.05) is 24.7 Å². The molecule has 2 atom stereocenters. The largest absolute Gasteiger partial charge is 0.459 e. The van der Waals surface area contributed by atoms with E-state index >= 15 is 0 Å². The van der Waals surface area contributed by atoms with E-state index in [2.05, 4.69) is 10.2 Å². The second-order valence-corrected chi connectivity index (χ2v) is 12.9. The van der Waals surface area contributed by atoms with E-state index < -0.39 is 17.7 Å². The summed E-state index contributed by atoms with van der Waals surface area (Å²) < 4.78 is 16.0. The van der Waals surface area contributed by atoms with Gasteiger partial charge in [0.15, 0.2) is 5.76 Å². The molecule has 0 saturated carbocycles. The summed E-state index contributed by atoms with van der Waals surface area (Å²) >= 11 is 0. The molecule has 4 heterocycles. The highest BCUT2D eigenvalue weighted by molar-refractivity contribution is 5.95. The van der Waals surface area contributed by atoms with Crippen LogP contribution in [0.3, 0.4) is 0 Å². The van der Waals surface area contributed by atoms with Crippen LogP contribution < -0.4 is 15.8 Å². The summed E-state index contributed by atoms with van der Waals surface area (Å²) in [7, 11) is 1.85. The molecule has 11 nitrogen and oxygen atoms in total. The Hall–Kier alpha value is -5.13. The van der Waals surface area contributed by atoms with Crippen LogP contribution in [0.4, 0.5) is 5.69 Å². The molecule has 1 aromatic heterocycles. The number of anilines is 1. The zero-order valence-electron chi connectivity index (χ0n) is 27.7. The van der Waals surface area contributed by atoms with Crippen LogP contribution >= 0.6 is 0 Å². The van der Waals surface area contributed by atoms with Gasteiger partial charge in [-0.15, -0.1) is 0 Å². The number of likely N-dealkylation sites (tertiary alicyclic amines) is 1. The Bertz CT molecular complexity index is 1910. The van der Waals surface area contributed by atoms with Gasteiger partial charge in [0, 0.05) is 49.4 Å².